The Balaban J connectivity index is 1.13. The lowest BCUT2D eigenvalue weighted by Gasteiger charge is -2.31. The van der Waals surface area contributed by atoms with Crippen molar-refractivity contribution in [3.05, 3.63) is 184 Å². The highest BCUT2D eigenvalue weighted by Gasteiger charge is 2.52. The zero-order chi connectivity index (χ0) is 38.1. The van der Waals surface area contributed by atoms with Gasteiger partial charge in [-0.25, -0.2) is 10.9 Å². The van der Waals surface area contributed by atoms with E-state index in [2.05, 4.69) is 191 Å². The SMILES string of the molecule is C=NNC(Oc1ccc(C(C)(C)C)cc1)c1ccc2c(c1)C1(c3ccccc3-2)c2ccccc2-c2ccc(C3NNC(c4ccc(C(C)(C)C)cc4)O3)cc21. The van der Waals surface area contributed by atoms with Gasteiger partial charge in [0.1, 0.15) is 18.2 Å². The second-order valence-electron chi connectivity index (χ2n) is 17.1. The van der Waals surface area contributed by atoms with Gasteiger partial charge in [-0.1, -0.05) is 151 Å². The summed E-state index contributed by atoms with van der Waals surface area (Å²) in [6, 6.07) is 48.3. The molecule has 6 aromatic rings. The molecule has 4 unspecified atom stereocenters. The molecule has 3 N–H and O–H groups in total. The molecular formula is C49H48N4O2. The highest BCUT2D eigenvalue weighted by atomic mass is 16.5. The maximum absolute atomic E-state index is 6.68. The van der Waals surface area contributed by atoms with E-state index in [-0.39, 0.29) is 23.3 Å². The maximum Gasteiger partial charge on any atom is 0.210 e. The smallest absolute Gasteiger partial charge is 0.210 e. The van der Waals surface area contributed by atoms with Gasteiger partial charge >= 0.3 is 0 Å². The van der Waals surface area contributed by atoms with Crippen molar-refractivity contribution in [3.8, 4) is 28.0 Å². The Morgan fingerprint density at radius 2 is 1.09 bits per heavy atom. The molecule has 0 saturated carbocycles. The summed E-state index contributed by atoms with van der Waals surface area (Å²) in [7, 11) is 0. The number of hydrogen-bond donors (Lipinski definition) is 3. The van der Waals surface area contributed by atoms with Gasteiger partial charge in [0, 0.05) is 12.3 Å². The van der Waals surface area contributed by atoms with Gasteiger partial charge < -0.3 is 9.47 Å². The van der Waals surface area contributed by atoms with E-state index in [9.17, 15) is 0 Å². The van der Waals surface area contributed by atoms with Crippen LogP contribution >= 0.6 is 0 Å². The van der Waals surface area contributed by atoms with Crippen LogP contribution in [0.3, 0.4) is 0 Å². The third-order valence-corrected chi connectivity index (χ3v) is 11.6. The van der Waals surface area contributed by atoms with Crippen molar-refractivity contribution in [2.75, 3.05) is 0 Å². The fourth-order valence-corrected chi connectivity index (χ4v) is 8.76. The Bertz CT molecular complexity index is 2410. The molecule has 9 rings (SSSR count). The van der Waals surface area contributed by atoms with Crippen LogP contribution in [0, 0.1) is 0 Å². The van der Waals surface area contributed by atoms with Gasteiger partial charge in [0.05, 0.1) is 5.41 Å². The molecule has 0 bridgehead atoms. The van der Waals surface area contributed by atoms with Gasteiger partial charge in [-0.05, 0) is 102 Å². The molecule has 1 saturated heterocycles. The number of hydrogen-bond acceptors (Lipinski definition) is 6. The third-order valence-electron chi connectivity index (χ3n) is 11.6. The number of fused-ring (bicyclic) bond motifs is 10. The summed E-state index contributed by atoms with van der Waals surface area (Å²) < 4.78 is 13.3. The van der Waals surface area contributed by atoms with E-state index in [1.807, 2.05) is 12.1 Å². The second-order valence-corrected chi connectivity index (χ2v) is 17.1. The van der Waals surface area contributed by atoms with Crippen LogP contribution in [0.1, 0.15) is 110 Å². The van der Waals surface area contributed by atoms with Crippen LogP contribution in [0.15, 0.2) is 139 Å². The predicted molar refractivity (Wildman–Crippen MR) is 222 cm³/mol. The summed E-state index contributed by atoms with van der Waals surface area (Å²) in [6.45, 7) is 17.1. The minimum Gasteiger partial charge on any atom is -0.465 e. The van der Waals surface area contributed by atoms with Crippen LogP contribution in [-0.4, -0.2) is 6.72 Å². The number of rotatable bonds is 7. The Labute approximate surface area is 324 Å². The molecular weight excluding hydrogens is 677 g/mol. The van der Waals surface area contributed by atoms with Crippen molar-refractivity contribution in [3.63, 3.8) is 0 Å². The molecule has 0 radical (unpaired) electrons. The van der Waals surface area contributed by atoms with E-state index in [0.29, 0.717) is 0 Å². The molecule has 276 valence electrons. The Hall–Kier alpha value is -5.53. The van der Waals surface area contributed by atoms with Crippen molar-refractivity contribution in [1.29, 1.82) is 0 Å². The van der Waals surface area contributed by atoms with E-state index < -0.39 is 11.6 Å². The summed E-state index contributed by atoms with van der Waals surface area (Å²) >= 11 is 0. The summed E-state index contributed by atoms with van der Waals surface area (Å²) in [6.07, 6.45) is -1.17. The van der Waals surface area contributed by atoms with Gasteiger partial charge in [-0.15, -0.1) is 0 Å². The van der Waals surface area contributed by atoms with Crippen molar-refractivity contribution in [2.24, 2.45) is 5.10 Å². The van der Waals surface area contributed by atoms with Gasteiger partial charge in [0.15, 0.2) is 0 Å². The van der Waals surface area contributed by atoms with Crippen LogP contribution in [0.25, 0.3) is 22.3 Å². The first-order chi connectivity index (χ1) is 26.5. The fraction of sp³-hybridized carbons (Fsp3) is 0.245. The van der Waals surface area contributed by atoms with Crippen molar-refractivity contribution in [1.82, 2.24) is 16.3 Å². The molecule has 4 atom stereocenters. The second kappa shape index (κ2) is 13.1. The number of hydrazine groups is 1. The maximum atomic E-state index is 6.68. The largest absolute Gasteiger partial charge is 0.465 e. The van der Waals surface area contributed by atoms with Gasteiger partial charge in [0.25, 0.3) is 0 Å². The molecule has 1 spiro atoms. The van der Waals surface area contributed by atoms with Crippen LogP contribution in [0.2, 0.25) is 0 Å². The monoisotopic (exact) mass is 724 g/mol. The molecule has 1 heterocycles. The average molecular weight is 725 g/mol. The molecule has 0 amide bonds. The quantitative estimate of drug-likeness (QED) is 0.0868. The molecule has 6 aromatic carbocycles. The minimum atomic E-state index is -0.557. The average Bonchev–Trinajstić information content (AvgIpc) is 3.87. The summed E-state index contributed by atoms with van der Waals surface area (Å²) in [5.41, 5.74) is 25.2. The lowest BCUT2D eigenvalue weighted by Crippen LogP contribution is -2.28. The number of benzene rings is 6. The molecule has 6 nitrogen and oxygen atoms in total. The van der Waals surface area contributed by atoms with E-state index >= 15 is 0 Å². The zero-order valence-electron chi connectivity index (χ0n) is 32.4. The first-order valence-corrected chi connectivity index (χ1v) is 19.2. The van der Waals surface area contributed by atoms with Crippen molar-refractivity contribution >= 4 is 6.72 Å². The normalized spacial score (nSPS) is 20.0. The highest BCUT2D eigenvalue weighted by molar-refractivity contribution is 5.95. The third kappa shape index (κ3) is 5.79. The van der Waals surface area contributed by atoms with E-state index in [1.165, 1.54) is 55.6 Å². The number of nitrogens with one attached hydrogen (secondary N) is 3. The van der Waals surface area contributed by atoms with E-state index in [1.54, 1.807) is 0 Å². The number of nitrogens with zero attached hydrogens (tertiary/aromatic N) is 1. The molecule has 6 heteroatoms. The minimum absolute atomic E-state index is 0.0480. The first-order valence-electron chi connectivity index (χ1n) is 19.2. The lowest BCUT2D eigenvalue weighted by atomic mass is 9.70. The highest BCUT2D eigenvalue weighted by Crippen LogP contribution is 2.63. The Kier molecular flexibility index (Phi) is 8.35. The van der Waals surface area contributed by atoms with E-state index in [4.69, 9.17) is 9.47 Å². The standard InChI is InChI=1S/C49H48N4O2/c1-47(2,3)33-20-16-30(17-21-33)44-52-53-46(55-44)32-19-27-39-37-13-9-11-15-41(37)49(43(39)29-32)40-14-10-8-12-36(40)38-26-18-31(28-42(38)49)45(51-50-7)54-35-24-22-34(23-25-35)48(4,5)6/h8-29,44-46,51-53H,7H2,1-6H3. The fourth-order valence-electron chi connectivity index (χ4n) is 8.76. The Morgan fingerprint density at radius 1 is 0.600 bits per heavy atom. The number of ether oxygens (including phenoxy) is 2. The lowest BCUT2D eigenvalue weighted by molar-refractivity contribution is 0.0341. The van der Waals surface area contributed by atoms with Crippen LogP contribution in [0.4, 0.5) is 0 Å². The zero-order valence-corrected chi connectivity index (χ0v) is 32.4. The van der Waals surface area contributed by atoms with Gasteiger partial charge in [-0.2, -0.15) is 5.10 Å². The topological polar surface area (TPSA) is 66.9 Å². The molecule has 55 heavy (non-hydrogen) atoms. The molecule has 1 aliphatic heterocycles. The van der Waals surface area contributed by atoms with Gasteiger partial charge in [-0.3, -0.25) is 5.43 Å². The van der Waals surface area contributed by atoms with Crippen LogP contribution < -0.4 is 21.0 Å². The van der Waals surface area contributed by atoms with Crippen molar-refractivity contribution < 1.29 is 9.47 Å². The first kappa shape index (κ1) is 35.2. The molecule has 1 fully saturated rings. The summed E-state index contributed by atoms with van der Waals surface area (Å²) in [4.78, 5) is 0. The summed E-state index contributed by atoms with van der Waals surface area (Å²) in [5.74, 6) is 0.759. The van der Waals surface area contributed by atoms with E-state index in [0.717, 1.165) is 22.4 Å². The Morgan fingerprint density at radius 3 is 1.67 bits per heavy atom. The number of hydrazone groups is 1. The molecule has 0 aromatic heterocycles. The molecule has 2 aliphatic carbocycles. The van der Waals surface area contributed by atoms with Crippen molar-refractivity contribution in [2.45, 2.75) is 76.5 Å². The summed E-state index contributed by atoms with van der Waals surface area (Å²) in [5, 5.41) is 4.11. The van der Waals surface area contributed by atoms with Crippen LogP contribution in [-0.2, 0) is 21.0 Å². The molecule has 3 aliphatic rings. The van der Waals surface area contributed by atoms with Gasteiger partial charge in [0.2, 0.25) is 6.23 Å². The predicted octanol–water partition coefficient (Wildman–Crippen LogP) is 10.7. The van der Waals surface area contributed by atoms with Crippen LogP contribution in [0.5, 0.6) is 5.75 Å².